The van der Waals surface area contributed by atoms with E-state index < -0.39 is 0 Å². The van der Waals surface area contributed by atoms with Crippen molar-refractivity contribution < 1.29 is 0 Å². The van der Waals surface area contributed by atoms with Crippen molar-refractivity contribution in [2.75, 3.05) is 33.2 Å². The third-order valence-corrected chi connectivity index (χ3v) is 4.05. The zero-order valence-corrected chi connectivity index (χ0v) is 12.8. The van der Waals surface area contributed by atoms with E-state index in [4.69, 9.17) is 0 Å². The van der Waals surface area contributed by atoms with Gasteiger partial charge in [0.05, 0.1) is 0 Å². The van der Waals surface area contributed by atoms with Gasteiger partial charge >= 0.3 is 0 Å². The summed E-state index contributed by atoms with van der Waals surface area (Å²) in [4.78, 5) is 2.37. The van der Waals surface area contributed by atoms with E-state index in [1.807, 2.05) is 0 Å². The number of hydrogen-bond donors (Lipinski definition) is 1. The minimum atomic E-state index is 0.418. The lowest BCUT2D eigenvalue weighted by Gasteiger charge is -2.35. The molecule has 1 N–H and O–H groups in total. The van der Waals surface area contributed by atoms with Gasteiger partial charge in [-0.3, -0.25) is 0 Å². The molecular weight excluding hydrogens is 290 g/mol. The Labute approximate surface area is 118 Å². The molecule has 0 aliphatic carbocycles. The molecule has 0 radical (unpaired) electrons. The maximum absolute atomic E-state index is 3.65. The van der Waals surface area contributed by atoms with Crippen LogP contribution in [0, 0.1) is 0 Å². The molecular formula is C14H22BrN3. The molecule has 1 unspecified atom stereocenters. The zero-order chi connectivity index (χ0) is 13.0. The zero-order valence-electron chi connectivity index (χ0n) is 11.2. The molecule has 1 fully saturated rings. The Morgan fingerprint density at radius 1 is 1.17 bits per heavy atom. The minimum absolute atomic E-state index is 0.418. The summed E-state index contributed by atoms with van der Waals surface area (Å²) in [5.41, 5.74) is 5.01. The van der Waals surface area contributed by atoms with Crippen LogP contribution in [0.5, 0.6) is 0 Å². The monoisotopic (exact) mass is 311 g/mol. The summed E-state index contributed by atoms with van der Waals surface area (Å²) in [6.07, 6.45) is 1.11. The van der Waals surface area contributed by atoms with Gasteiger partial charge in [0, 0.05) is 36.7 Å². The Hall–Kier alpha value is -0.420. The number of likely N-dealkylation sites (N-methyl/N-ethyl adjacent to an activating group) is 1. The van der Waals surface area contributed by atoms with E-state index in [9.17, 15) is 0 Å². The second-order valence-electron chi connectivity index (χ2n) is 4.93. The Morgan fingerprint density at radius 3 is 2.33 bits per heavy atom. The van der Waals surface area contributed by atoms with Crippen molar-refractivity contribution in [3.8, 4) is 0 Å². The number of nitrogens with one attached hydrogen (secondary N) is 1. The third kappa shape index (κ3) is 3.79. The summed E-state index contributed by atoms with van der Waals surface area (Å²) in [6, 6.07) is 9.04. The fraction of sp³-hybridized carbons (Fsp3) is 0.571. The number of hydrogen-bond acceptors (Lipinski definition) is 3. The van der Waals surface area contributed by atoms with Crippen molar-refractivity contribution in [2.45, 2.75) is 19.4 Å². The molecule has 0 aromatic heterocycles. The van der Waals surface area contributed by atoms with Crippen molar-refractivity contribution >= 4 is 15.9 Å². The maximum atomic E-state index is 3.65. The molecule has 4 heteroatoms. The van der Waals surface area contributed by atoms with Gasteiger partial charge in [-0.2, -0.15) is 0 Å². The summed E-state index contributed by atoms with van der Waals surface area (Å²) >= 11 is 3.49. The van der Waals surface area contributed by atoms with Crippen LogP contribution in [0.1, 0.15) is 24.9 Å². The first-order chi connectivity index (χ1) is 8.69. The predicted octanol–water partition coefficient (Wildman–Crippen LogP) is 2.65. The highest BCUT2D eigenvalue weighted by Gasteiger charge is 2.17. The van der Waals surface area contributed by atoms with E-state index in [1.165, 1.54) is 5.56 Å². The molecule has 0 spiro atoms. The van der Waals surface area contributed by atoms with Gasteiger partial charge < -0.3 is 4.90 Å². The molecule has 0 amide bonds. The van der Waals surface area contributed by atoms with Crippen LogP contribution in [0.15, 0.2) is 28.7 Å². The normalized spacial score (nSPS) is 19.9. The average molecular weight is 312 g/mol. The van der Waals surface area contributed by atoms with Gasteiger partial charge in [0.25, 0.3) is 0 Å². The highest BCUT2D eigenvalue weighted by Crippen LogP contribution is 2.20. The van der Waals surface area contributed by atoms with Crippen LogP contribution < -0.4 is 5.43 Å². The Balaban J connectivity index is 1.94. The average Bonchev–Trinajstić information content (AvgIpc) is 2.39. The molecule has 1 aromatic rings. The van der Waals surface area contributed by atoms with Crippen LogP contribution >= 0.6 is 15.9 Å². The molecule has 1 atom stereocenters. The van der Waals surface area contributed by atoms with Crippen LogP contribution in [-0.2, 0) is 0 Å². The van der Waals surface area contributed by atoms with Gasteiger partial charge in [0.2, 0.25) is 0 Å². The smallest absolute Gasteiger partial charge is 0.0462 e. The van der Waals surface area contributed by atoms with Crippen LogP contribution in [0.3, 0.4) is 0 Å². The number of hydrazine groups is 1. The highest BCUT2D eigenvalue weighted by atomic mass is 79.9. The van der Waals surface area contributed by atoms with Crippen LogP contribution in [0.2, 0.25) is 0 Å². The van der Waals surface area contributed by atoms with Gasteiger partial charge in [-0.25, -0.2) is 10.4 Å². The third-order valence-electron chi connectivity index (χ3n) is 3.52. The quantitative estimate of drug-likeness (QED) is 0.922. The first-order valence-corrected chi connectivity index (χ1v) is 7.43. The second kappa shape index (κ2) is 6.66. The summed E-state index contributed by atoms with van der Waals surface area (Å²) in [7, 11) is 2.18. The number of nitrogens with zero attached hydrogens (tertiary/aromatic N) is 2. The van der Waals surface area contributed by atoms with Crippen LogP contribution in [0.4, 0.5) is 0 Å². The fourth-order valence-corrected chi connectivity index (χ4v) is 2.52. The van der Waals surface area contributed by atoms with Crippen molar-refractivity contribution in [1.29, 1.82) is 0 Å². The lowest BCUT2D eigenvalue weighted by atomic mass is 10.1. The van der Waals surface area contributed by atoms with E-state index in [2.05, 4.69) is 69.5 Å². The second-order valence-corrected chi connectivity index (χ2v) is 5.85. The Morgan fingerprint density at radius 2 is 1.78 bits per heavy atom. The largest absolute Gasteiger partial charge is 0.304 e. The van der Waals surface area contributed by atoms with E-state index in [-0.39, 0.29) is 0 Å². The standard InChI is InChI=1S/C14H22BrN3/c1-3-14(12-4-6-13(15)7-5-12)16-18-10-8-17(2)9-11-18/h4-7,14,16H,3,8-11H2,1-2H3. The predicted molar refractivity (Wildman–Crippen MR) is 79.4 cm³/mol. The topological polar surface area (TPSA) is 18.5 Å². The van der Waals surface area contributed by atoms with E-state index in [1.54, 1.807) is 0 Å². The lowest BCUT2D eigenvalue weighted by Crippen LogP contribution is -2.51. The van der Waals surface area contributed by atoms with Gasteiger partial charge in [-0.15, -0.1) is 0 Å². The molecule has 0 saturated carbocycles. The first kappa shape index (κ1) is 14.0. The molecule has 1 heterocycles. The van der Waals surface area contributed by atoms with Gasteiger partial charge in [0.15, 0.2) is 0 Å². The molecule has 2 rings (SSSR count). The van der Waals surface area contributed by atoms with Gasteiger partial charge in [-0.1, -0.05) is 35.0 Å². The number of benzene rings is 1. The van der Waals surface area contributed by atoms with Crippen molar-refractivity contribution in [2.24, 2.45) is 0 Å². The highest BCUT2D eigenvalue weighted by molar-refractivity contribution is 9.10. The fourth-order valence-electron chi connectivity index (χ4n) is 2.25. The van der Waals surface area contributed by atoms with Crippen molar-refractivity contribution in [3.05, 3.63) is 34.3 Å². The number of piperazine rings is 1. The minimum Gasteiger partial charge on any atom is -0.304 e. The molecule has 3 nitrogen and oxygen atoms in total. The summed E-state index contributed by atoms with van der Waals surface area (Å²) < 4.78 is 1.14. The number of rotatable bonds is 4. The molecule has 1 aliphatic rings. The Kier molecular flexibility index (Phi) is 5.18. The summed E-state index contributed by atoms with van der Waals surface area (Å²) in [5.74, 6) is 0. The Bertz CT molecular complexity index is 358. The molecule has 100 valence electrons. The molecule has 1 aromatic carbocycles. The van der Waals surface area contributed by atoms with Gasteiger partial charge in [0.1, 0.15) is 0 Å². The maximum Gasteiger partial charge on any atom is 0.0462 e. The van der Waals surface area contributed by atoms with E-state index in [0.29, 0.717) is 6.04 Å². The first-order valence-electron chi connectivity index (χ1n) is 6.64. The molecule has 18 heavy (non-hydrogen) atoms. The van der Waals surface area contributed by atoms with Crippen LogP contribution in [0.25, 0.3) is 0 Å². The lowest BCUT2D eigenvalue weighted by molar-refractivity contribution is 0.0857. The van der Waals surface area contributed by atoms with E-state index >= 15 is 0 Å². The van der Waals surface area contributed by atoms with E-state index in [0.717, 1.165) is 37.1 Å². The van der Waals surface area contributed by atoms with Gasteiger partial charge in [-0.05, 0) is 31.2 Å². The molecule has 1 aliphatic heterocycles. The molecule has 1 saturated heterocycles. The van der Waals surface area contributed by atoms with Crippen molar-refractivity contribution in [1.82, 2.24) is 15.3 Å². The summed E-state index contributed by atoms with van der Waals surface area (Å²) in [5, 5.41) is 2.36. The van der Waals surface area contributed by atoms with Crippen LogP contribution in [-0.4, -0.2) is 43.1 Å². The molecule has 0 bridgehead atoms. The summed E-state index contributed by atoms with van der Waals surface area (Å²) in [6.45, 7) is 6.72. The SMILES string of the molecule is CCC(NN1CCN(C)CC1)c1ccc(Br)cc1. The number of halogens is 1. The van der Waals surface area contributed by atoms with Crippen molar-refractivity contribution in [3.63, 3.8) is 0 Å².